The lowest BCUT2D eigenvalue weighted by atomic mass is 10.1. The molecule has 4 aromatic heterocycles. The topological polar surface area (TPSA) is 106 Å². The van der Waals surface area contributed by atoms with Crippen LogP contribution in [0.2, 0.25) is 0 Å². The van der Waals surface area contributed by atoms with Crippen LogP contribution >= 0.6 is 0 Å². The van der Waals surface area contributed by atoms with Crippen LogP contribution in [0.25, 0.3) is 33.8 Å². The Kier molecular flexibility index (Phi) is 5.74. The van der Waals surface area contributed by atoms with Crippen molar-refractivity contribution in [2.45, 2.75) is 12.7 Å². The van der Waals surface area contributed by atoms with Crippen molar-refractivity contribution in [2.24, 2.45) is 7.05 Å². The van der Waals surface area contributed by atoms with Gasteiger partial charge in [0.1, 0.15) is 17.7 Å². The lowest BCUT2D eigenvalue weighted by Gasteiger charge is -2.10. The van der Waals surface area contributed by atoms with Crippen molar-refractivity contribution >= 4 is 11.0 Å². The molecule has 13 heteroatoms. The summed E-state index contributed by atoms with van der Waals surface area (Å²) in [6.07, 6.45) is 1.07. The summed E-state index contributed by atoms with van der Waals surface area (Å²) in [5.74, 6) is 1.07. The quantitative estimate of drug-likeness (QED) is 0.350. The lowest BCUT2D eigenvalue weighted by Crippen LogP contribution is -2.05. The Bertz CT molecular complexity index is 1520. The third-order valence-electron chi connectivity index (χ3n) is 5.48. The number of nitrogens with zero attached hydrogens (tertiary/aromatic N) is 8. The zero-order chi connectivity index (χ0) is 25.4. The molecular weight excluding hydrogens is 477 g/mol. The van der Waals surface area contributed by atoms with Crippen LogP contribution in [0, 0.1) is 0 Å². The molecule has 0 N–H and O–H groups in total. The molecule has 0 saturated carbocycles. The molecule has 0 aliphatic rings. The van der Waals surface area contributed by atoms with Crippen LogP contribution in [0.4, 0.5) is 13.2 Å². The van der Waals surface area contributed by atoms with Gasteiger partial charge in [-0.25, -0.2) is 29.6 Å². The molecule has 1 aromatic carbocycles. The average molecular weight is 496 g/mol. The zero-order valence-electron chi connectivity index (χ0n) is 19.4. The minimum Gasteiger partial charge on any atom is -0.480 e. The summed E-state index contributed by atoms with van der Waals surface area (Å²) in [6, 6.07) is 7.07. The number of ether oxygens (including phenoxy) is 2. The Hall–Kier alpha value is -4.55. The highest BCUT2D eigenvalue weighted by Crippen LogP contribution is 2.33. The fourth-order valence-corrected chi connectivity index (χ4v) is 3.76. The summed E-state index contributed by atoms with van der Waals surface area (Å²) < 4.78 is 52.7. The van der Waals surface area contributed by atoms with Crippen molar-refractivity contribution < 1.29 is 22.6 Å². The molecule has 0 amide bonds. The zero-order valence-corrected chi connectivity index (χ0v) is 19.4. The number of halogens is 3. The second-order valence-electron chi connectivity index (χ2n) is 7.80. The first kappa shape index (κ1) is 23.2. The van der Waals surface area contributed by atoms with Crippen molar-refractivity contribution in [3.63, 3.8) is 0 Å². The summed E-state index contributed by atoms with van der Waals surface area (Å²) in [5.41, 5.74) is 1.48. The predicted octanol–water partition coefficient (Wildman–Crippen LogP) is 3.77. The van der Waals surface area contributed by atoms with Crippen LogP contribution in [-0.4, -0.2) is 53.5 Å². The molecule has 5 aromatic rings. The molecule has 0 unspecified atom stereocenters. The molecule has 0 fully saturated rings. The summed E-state index contributed by atoms with van der Waals surface area (Å²) in [4.78, 5) is 21.0. The molecule has 0 bridgehead atoms. The van der Waals surface area contributed by atoms with Gasteiger partial charge < -0.3 is 14.0 Å². The summed E-state index contributed by atoms with van der Waals surface area (Å²) in [6.45, 7) is 0.369. The smallest absolute Gasteiger partial charge is 0.434 e. The third kappa shape index (κ3) is 4.19. The van der Waals surface area contributed by atoms with E-state index in [0.29, 0.717) is 29.1 Å². The van der Waals surface area contributed by atoms with Gasteiger partial charge in [0.15, 0.2) is 17.2 Å². The minimum atomic E-state index is -4.50. The number of methoxy groups -OCH3 is 2. The van der Waals surface area contributed by atoms with Crippen molar-refractivity contribution in [3.8, 4) is 34.5 Å². The van der Waals surface area contributed by atoms with Gasteiger partial charge in [0, 0.05) is 25.0 Å². The number of benzene rings is 1. The van der Waals surface area contributed by atoms with E-state index in [1.807, 2.05) is 12.1 Å². The number of fused-ring (bicyclic) bond motifs is 1. The summed E-state index contributed by atoms with van der Waals surface area (Å²) in [7, 11) is 4.49. The van der Waals surface area contributed by atoms with E-state index in [2.05, 4.69) is 30.0 Å². The maximum Gasteiger partial charge on any atom is 0.434 e. The van der Waals surface area contributed by atoms with E-state index in [4.69, 9.17) is 9.47 Å². The Morgan fingerprint density at radius 2 is 1.61 bits per heavy atom. The normalized spacial score (nSPS) is 11.7. The highest BCUT2D eigenvalue weighted by molar-refractivity contribution is 5.78. The maximum absolute atomic E-state index is 13.0. The van der Waals surface area contributed by atoms with Gasteiger partial charge in [-0.2, -0.15) is 18.3 Å². The molecule has 184 valence electrons. The Morgan fingerprint density at radius 3 is 2.22 bits per heavy atom. The van der Waals surface area contributed by atoms with Crippen molar-refractivity contribution in [2.75, 3.05) is 14.2 Å². The van der Waals surface area contributed by atoms with Gasteiger partial charge in [-0.3, -0.25) is 0 Å². The van der Waals surface area contributed by atoms with Crippen LogP contribution in [-0.2, 0) is 19.8 Å². The number of aromatic nitrogens is 8. The number of hydrogen-bond acceptors (Lipinski definition) is 8. The van der Waals surface area contributed by atoms with Crippen LogP contribution in [0.15, 0.2) is 49.2 Å². The van der Waals surface area contributed by atoms with Gasteiger partial charge in [0.2, 0.25) is 11.8 Å². The van der Waals surface area contributed by atoms with Crippen LogP contribution < -0.4 is 9.47 Å². The van der Waals surface area contributed by atoms with Gasteiger partial charge in [-0.05, 0) is 5.56 Å². The minimum absolute atomic E-state index is 0.226. The Labute approximate surface area is 202 Å². The Balaban J connectivity index is 1.46. The molecule has 5 rings (SSSR count). The van der Waals surface area contributed by atoms with E-state index < -0.39 is 11.9 Å². The first-order chi connectivity index (χ1) is 17.3. The van der Waals surface area contributed by atoms with Crippen molar-refractivity contribution in [3.05, 3.63) is 60.4 Å². The van der Waals surface area contributed by atoms with Crippen LogP contribution in [0.3, 0.4) is 0 Å². The van der Waals surface area contributed by atoms with Gasteiger partial charge in [-0.1, -0.05) is 24.3 Å². The number of hydrogen-bond donors (Lipinski definition) is 0. The van der Waals surface area contributed by atoms with Crippen LogP contribution in [0.1, 0.15) is 11.3 Å². The molecule has 36 heavy (non-hydrogen) atoms. The average Bonchev–Trinajstić information content (AvgIpc) is 3.47. The number of imidazole rings is 1. The summed E-state index contributed by atoms with van der Waals surface area (Å²) in [5, 5.41) is 5.13. The SMILES string of the molecule is COc1ncnc(OC)c1-c1ncc2cnn(Cc3ccc(-c4nc(C(F)(F)F)cn4C)cc3)c2n1. The van der Waals surface area contributed by atoms with Crippen molar-refractivity contribution in [1.82, 2.24) is 39.3 Å². The van der Waals surface area contributed by atoms with Gasteiger partial charge in [0.05, 0.1) is 32.3 Å². The number of rotatable bonds is 6. The first-order valence-electron chi connectivity index (χ1n) is 10.6. The van der Waals surface area contributed by atoms with E-state index in [1.54, 1.807) is 29.2 Å². The molecular formula is C23H19F3N8O2. The third-order valence-corrected chi connectivity index (χ3v) is 5.48. The highest BCUT2D eigenvalue weighted by atomic mass is 19.4. The van der Waals surface area contributed by atoms with Crippen molar-refractivity contribution in [1.29, 1.82) is 0 Å². The second-order valence-corrected chi connectivity index (χ2v) is 7.80. The first-order valence-corrected chi connectivity index (χ1v) is 10.6. The van der Waals surface area contributed by atoms with Gasteiger partial charge in [-0.15, -0.1) is 0 Å². The van der Waals surface area contributed by atoms with E-state index in [0.717, 1.165) is 17.1 Å². The van der Waals surface area contributed by atoms with Gasteiger partial charge in [0.25, 0.3) is 0 Å². The molecule has 0 spiro atoms. The molecule has 0 atom stereocenters. The van der Waals surface area contributed by atoms with Gasteiger partial charge >= 0.3 is 6.18 Å². The predicted molar refractivity (Wildman–Crippen MR) is 122 cm³/mol. The number of alkyl halides is 3. The maximum atomic E-state index is 13.0. The molecule has 0 saturated heterocycles. The molecule has 10 nitrogen and oxygen atoms in total. The molecule has 0 radical (unpaired) electrons. The summed E-state index contributed by atoms with van der Waals surface area (Å²) >= 11 is 0. The molecule has 0 aliphatic heterocycles. The molecule has 4 heterocycles. The number of aryl methyl sites for hydroxylation is 1. The fourth-order valence-electron chi connectivity index (χ4n) is 3.76. The highest BCUT2D eigenvalue weighted by Gasteiger charge is 2.34. The second kappa shape index (κ2) is 8.91. The lowest BCUT2D eigenvalue weighted by molar-refractivity contribution is -0.140. The monoisotopic (exact) mass is 496 g/mol. The molecule has 0 aliphatic carbocycles. The fraction of sp³-hybridized carbons (Fsp3) is 0.217. The Morgan fingerprint density at radius 1 is 0.917 bits per heavy atom. The van der Waals surface area contributed by atoms with E-state index in [9.17, 15) is 13.2 Å². The van der Waals surface area contributed by atoms with E-state index in [-0.39, 0.29) is 17.6 Å². The standard InChI is InChI=1S/C23H19F3N8O2/c1-33-11-16(23(24,25)26)31-19(33)14-6-4-13(5-7-14)10-34-20-15(9-30-34)8-27-18(32-20)17-21(35-2)28-12-29-22(17)36-3/h4-9,11-12H,10H2,1-3H3. The van der Waals surface area contributed by atoms with E-state index >= 15 is 0 Å². The van der Waals surface area contributed by atoms with Crippen LogP contribution in [0.5, 0.6) is 11.8 Å². The largest absolute Gasteiger partial charge is 0.480 e. The van der Waals surface area contributed by atoms with E-state index in [1.165, 1.54) is 32.2 Å².